The van der Waals surface area contributed by atoms with Crippen molar-refractivity contribution in [1.82, 2.24) is 25.5 Å². The van der Waals surface area contributed by atoms with Crippen LogP contribution >= 0.6 is 0 Å². The number of hydrogen-bond acceptors (Lipinski definition) is 9. The normalized spacial score (nSPS) is 18.3. The summed E-state index contributed by atoms with van der Waals surface area (Å²) < 4.78 is 74.0. The number of halogens is 6. The van der Waals surface area contributed by atoms with Gasteiger partial charge in [0.2, 0.25) is 5.95 Å². The third-order valence-corrected chi connectivity index (χ3v) is 5.00. The number of aromatic amines is 1. The number of amides is 1. The highest BCUT2D eigenvalue weighted by atomic mass is 19.4. The molecule has 1 fully saturated rings. The van der Waals surface area contributed by atoms with Crippen molar-refractivity contribution in [2.75, 3.05) is 23.3 Å². The molecule has 3 heterocycles. The van der Waals surface area contributed by atoms with E-state index >= 15 is 0 Å². The number of piperidine rings is 1. The number of aromatic nitrogens is 4. The zero-order valence-corrected chi connectivity index (χ0v) is 20.2. The van der Waals surface area contributed by atoms with E-state index in [0.717, 1.165) is 0 Å². The number of hydrogen-bond donors (Lipinski definition) is 5. The molecule has 0 bridgehead atoms. The molecule has 0 aromatic carbocycles. The minimum atomic E-state index is -5.08. The lowest BCUT2D eigenvalue weighted by atomic mass is 9.94. The van der Waals surface area contributed by atoms with E-state index in [9.17, 15) is 41.0 Å². The molecule has 13 nitrogen and oxygen atoms in total. The van der Waals surface area contributed by atoms with Crippen molar-refractivity contribution in [3.8, 4) is 0 Å². The van der Waals surface area contributed by atoms with Crippen molar-refractivity contribution in [3.05, 3.63) is 24.0 Å². The number of ether oxygens (including phenoxy) is 1. The van der Waals surface area contributed by atoms with E-state index in [4.69, 9.17) is 9.90 Å². The highest BCUT2D eigenvalue weighted by Crippen LogP contribution is 2.25. The van der Waals surface area contributed by atoms with Gasteiger partial charge in [0.1, 0.15) is 11.6 Å². The van der Waals surface area contributed by atoms with E-state index < -0.39 is 48.4 Å². The fraction of sp³-hybridized carbons (Fsp3) is 0.500. The molecular weight excluding hydrogens is 548 g/mol. The van der Waals surface area contributed by atoms with Gasteiger partial charge in [-0.2, -0.15) is 36.4 Å². The summed E-state index contributed by atoms with van der Waals surface area (Å²) in [5.74, 6) is -3.55. The Labute approximate surface area is 215 Å². The van der Waals surface area contributed by atoms with Crippen molar-refractivity contribution in [3.63, 3.8) is 0 Å². The standard InChI is InChI=1S/C18H22F3N7O4.C2HF3O2/c1-9-5-14(25-13-3-4-22-27-13)26-16(23-9)28-7-11(15(29)30)6-12(8-28)24-17(31)32-10(2)18(19,20)21;3-2(4,5)1(6)7/h3-5,10-12H,6-8H2,1-2H3,(H,24,31)(H,29,30)(H2,22,23,25,26,27);(H,6,7)/t10-,11+,12+;/m0./s1. The van der Waals surface area contributed by atoms with E-state index in [1.165, 1.54) is 0 Å². The molecule has 39 heavy (non-hydrogen) atoms. The Balaban J connectivity index is 0.000000673. The van der Waals surface area contributed by atoms with Gasteiger partial charge in [-0.05, 0) is 20.3 Å². The Bertz CT molecular complexity index is 1150. The van der Waals surface area contributed by atoms with Gasteiger partial charge in [-0.25, -0.2) is 14.6 Å². The molecule has 0 aliphatic carbocycles. The number of anilines is 3. The van der Waals surface area contributed by atoms with Gasteiger partial charge in [-0.15, -0.1) is 0 Å². The molecule has 0 spiro atoms. The van der Waals surface area contributed by atoms with Gasteiger partial charge in [0, 0.05) is 30.9 Å². The highest BCUT2D eigenvalue weighted by Gasteiger charge is 2.40. The van der Waals surface area contributed by atoms with Crippen molar-refractivity contribution in [2.45, 2.75) is 44.8 Å². The van der Waals surface area contributed by atoms with E-state index in [2.05, 4.69) is 35.5 Å². The summed E-state index contributed by atoms with van der Waals surface area (Å²) in [7, 11) is 0. The smallest absolute Gasteiger partial charge is 0.481 e. The Kier molecular flexibility index (Phi) is 9.89. The summed E-state index contributed by atoms with van der Waals surface area (Å²) in [4.78, 5) is 42.7. The zero-order valence-electron chi connectivity index (χ0n) is 20.2. The summed E-state index contributed by atoms with van der Waals surface area (Å²) in [6.45, 7) is 2.59. The fourth-order valence-corrected chi connectivity index (χ4v) is 3.20. The SMILES string of the molecule is Cc1cc(Nc2ccn[nH]2)nc(N2C[C@H](NC(=O)O[C@@H](C)C(F)(F)F)C[C@@H](C(=O)O)C2)n1.O=C(O)C(F)(F)F. The van der Waals surface area contributed by atoms with Crippen LogP contribution in [0.1, 0.15) is 19.0 Å². The molecule has 216 valence electrons. The maximum atomic E-state index is 12.6. The third kappa shape index (κ3) is 9.82. The van der Waals surface area contributed by atoms with Crippen molar-refractivity contribution < 1.29 is 55.7 Å². The second-order valence-corrected chi connectivity index (χ2v) is 8.20. The number of carboxylic acid groups (broad SMARTS) is 2. The van der Waals surface area contributed by atoms with Crippen LogP contribution in [0.4, 0.5) is 48.7 Å². The predicted molar refractivity (Wildman–Crippen MR) is 119 cm³/mol. The van der Waals surface area contributed by atoms with E-state index in [0.29, 0.717) is 24.3 Å². The molecule has 0 saturated carbocycles. The van der Waals surface area contributed by atoms with Gasteiger partial charge in [-0.3, -0.25) is 9.89 Å². The number of carboxylic acids is 2. The van der Waals surface area contributed by atoms with Crippen molar-refractivity contribution >= 4 is 35.6 Å². The fourth-order valence-electron chi connectivity index (χ4n) is 3.20. The van der Waals surface area contributed by atoms with Gasteiger partial charge >= 0.3 is 30.4 Å². The number of aliphatic carboxylic acids is 2. The van der Waals surface area contributed by atoms with Gasteiger partial charge < -0.3 is 30.5 Å². The maximum absolute atomic E-state index is 12.6. The largest absolute Gasteiger partial charge is 0.490 e. The summed E-state index contributed by atoms with van der Waals surface area (Å²) in [6.07, 6.45) is -11.8. The number of carbonyl (C=O) groups excluding carboxylic acids is 1. The van der Waals surface area contributed by atoms with Crippen LogP contribution < -0.4 is 15.5 Å². The van der Waals surface area contributed by atoms with Crippen LogP contribution in [0.3, 0.4) is 0 Å². The molecule has 2 aromatic rings. The quantitative estimate of drug-likeness (QED) is 0.322. The molecule has 1 aliphatic heterocycles. The van der Waals surface area contributed by atoms with Crippen LogP contribution in [0.2, 0.25) is 0 Å². The Morgan fingerprint density at radius 3 is 2.31 bits per heavy atom. The van der Waals surface area contributed by atoms with Gasteiger partial charge in [0.05, 0.1) is 18.2 Å². The Morgan fingerprint density at radius 2 is 1.79 bits per heavy atom. The number of carbonyl (C=O) groups is 3. The molecule has 1 aliphatic rings. The van der Waals surface area contributed by atoms with E-state index in [1.54, 1.807) is 30.2 Å². The van der Waals surface area contributed by atoms with Crippen LogP contribution in [-0.4, -0.2) is 86.0 Å². The second-order valence-electron chi connectivity index (χ2n) is 8.20. The predicted octanol–water partition coefficient (Wildman–Crippen LogP) is 2.84. The summed E-state index contributed by atoms with van der Waals surface area (Å²) in [5.41, 5.74) is 0.595. The van der Waals surface area contributed by atoms with Crippen LogP contribution in [0, 0.1) is 12.8 Å². The lowest BCUT2D eigenvalue weighted by molar-refractivity contribution is -0.197. The molecule has 0 radical (unpaired) electrons. The minimum Gasteiger partial charge on any atom is -0.481 e. The molecule has 5 N–H and O–H groups in total. The topological polar surface area (TPSA) is 183 Å². The zero-order chi connectivity index (χ0) is 29.5. The molecular formula is C20H23F6N7O6. The Hall–Kier alpha value is -4.32. The Morgan fingerprint density at radius 1 is 1.15 bits per heavy atom. The van der Waals surface area contributed by atoms with E-state index in [1.807, 2.05) is 0 Å². The summed E-state index contributed by atoms with van der Waals surface area (Å²) in [5, 5.41) is 28.5. The van der Waals surface area contributed by atoms with Gasteiger partial charge in [0.15, 0.2) is 6.10 Å². The van der Waals surface area contributed by atoms with Crippen molar-refractivity contribution in [2.24, 2.45) is 5.92 Å². The van der Waals surface area contributed by atoms with Crippen LogP contribution in [0.5, 0.6) is 0 Å². The number of alkyl halides is 6. The van der Waals surface area contributed by atoms with Crippen LogP contribution in [0.15, 0.2) is 18.3 Å². The molecule has 19 heteroatoms. The summed E-state index contributed by atoms with van der Waals surface area (Å²) >= 11 is 0. The number of alkyl carbamates (subject to hydrolysis) is 1. The third-order valence-electron chi connectivity index (χ3n) is 5.00. The van der Waals surface area contributed by atoms with Crippen molar-refractivity contribution in [1.29, 1.82) is 0 Å². The van der Waals surface area contributed by atoms with Crippen LogP contribution in [0.25, 0.3) is 0 Å². The monoisotopic (exact) mass is 571 g/mol. The number of nitrogens with one attached hydrogen (secondary N) is 3. The summed E-state index contributed by atoms with van der Waals surface area (Å²) in [6, 6.07) is 2.58. The van der Waals surface area contributed by atoms with Gasteiger partial charge in [-0.1, -0.05) is 0 Å². The first-order chi connectivity index (χ1) is 18.0. The highest BCUT2D eigenvalue weighted by molar-refractivity contribution is 5.73. The first-order valence-electron chi connectivity index (χ1n) is 10.9. The maximum Gasteiger partial charge on any atom is 0.490 e. The molecule has 1 saturated heterocycles. The minimum absolute atomic E-state index is 0.0202. The number of rotatable bonds is 6. The lowest BCUT2D eigenvalue weighted by Crippen LogP contribution is -2.53. The van der Waals surface area contributed by atoms with Crippen LogP contribution in [-0.2, 0) is 14.3 Å². The number of H-pyrrole nitrogens is 1. The molecule has 1 amide bonds. The average Bonchev–Trinajstić information content (AvgIpc) is 3.30. The first-order valence-corrected chi connectivity index (χ1v) is 10.9. The first kappa shape index (κ1) is 30.9. The van der Waals surface area contributed by atoms with Gasteiger partial charge in [0.25, 0.3) is 0 Å². The number of nitrogens with zero attached hydrogens (tertiary/aromatic N) is 4. The molecule has 2 aromatic heterocycles. The lowest BCUT2D eigenvalue weighted by Gasteiger charge is -2.36. The molecule has 3 rings (SSSR count). The number of aryl methyl sites for hydroxylation is 1. The second kappa shape index (κ2) is 12.5. The average molecular weight is 571 g/mol. The van der Waals surface area contributed by atoms with E-state index in [-0.39, 0.29) is 25.5 Å². The molecule has 3 atom stereocenters. The molecule has 0 unspecified atom stereocenters.